The van der Waals surface area contributed by atoms with Crippen LogP contribution in [0, 0.1) is 22.7 Å². The van der Waals surface area contributed by atoms with Gasteiger partial charge in [0.05, 0.1) is 6.10 Å². The maximum Gasteiger partial charge on any atom is 0.306 e. The zero-order chi connectivity index (χ0) is 17.9. The third-order valence-electron chi connectivity index (χ3n) is 9.65. The number of hydrogen-bond acceptors (Lipinski definition) is 4. The summed E-state index contributed by atoms with van der Waals surface area (Å²) in [5, 5.41) is 0. The van der Waals surface area contributed by atoms with Gasteiger partial charge in [-0.3, -0.25) is 9.59 Å². The lowest BCUT2D eigenvalue weighted by molar-refractivity contribution is -0.163. The average Bonchev–Trinajstić information content (AvgIpc) is 3.08. The Morgan fingerprint density at radius 3 is 2.69 bits per heavy atom. The van der Waals surface area contributed by atoms with Crippen molar-refractivity contribution in [1.82, 2.24) is 0 Å². The first-order valence-electron chi connectivity index (χ1n) is 10.5. The molecule has 26 heavy (non-hydrogen) atoms. The number of rotatable bonds is 0. The monoisotopic (exact) mass is 356 g/mol. The molecule has 0 aromatic rings. The highest BCUT2D eigenvalue weighted by atomic mass is 16.6. The van der Waals surface area contributed by atoms with Gasteiger partial charge in [-0.1, -0.05) is 25.5 Å². The summed E-state index contributed by atoms with van der Waals surface area (Å²) in [6.45, 7) is 4.74. The van der Waals surface area contributed by atoms with E-state index in [1.54, 1.807) is 0 Å². The summed E-state index contributed by atoms with van der Waals surface area (Å²) in [5.41, 5.74) is 1.10. The molecule has 0 radical (unpaired) electrons. The minimum Gasteiger partial charge on any atom is -0.458 e. The molecular weight excluding hydrogens is 328 g/mol. The molecule has 0 aromatic carbocycles. The number of ketones is 1. The van der Waals surface area contributed by atoms with E-state index in [2.05, 4.69) is 19.9 Å². The van der Waals surface area contributed by atoms with Crippen molar-refractivity contribution in [3.8, 4) is 0 Å². The summed E-state index contributed by atoms with van der Waals surface area (Å²) in [5.74, 6) is 1.44. The van der Waals surface area contributed by atoms with Crippen molar-refractivity contribution in [3.05, 3.63) is 11.6 Å². The van der Waals surface area contributed by atoms with E-state index < -0.39 is 0 Å². The second kappa shape index (κ2) is 4.45. The van der Waals surface area contributed by atoms with Gasteiger partial charge in [-0.15, -0.1) is 0 Å². The Morgan fingerprint density at radius 1 is 1.08 bits per heavy atom. The number of Topliss-reactive ketones (excluding diaryl/α,β-unsaturated/α-hetero) is 1. The van der Waals surface area contributed by atoms with Crippen LogP contribution >= 0.6 is 0 Å². The fraction of sp³-hybridized carbons (Fsp3) is 0.818. The minimum absolute atomic E-state index is 0.0102. The van der Waals surface area contributed by atoms with Crippen LogP contribution in [-0.4, -0.2) is 29.1 Å². The van der Waals surface area contributed by atoms with Crippen molar-refractivity contribution in [1.29, 1.82) is 0 Å². The van der Waals surface area contributed by atoms with Crippen molar-refractivity contribution >= 4 is 11.8 Å². The van der Waals surface area contributed by atoms with E-state index in [0.717, 1.165) is 38.5 Å². The van der Waals surface area contributed by atoms with Crippen LogP contribution in [0.3, 0.4) is 0 Å². The maximum atomic E-state index is 12.0. The molecule has 4 heteroatoms. The van der Waals surface area contributed by atoms with Crippen LogP contribution < -0.4 is 0 Å². The van der Waals surface area contributed by atoms with Crippen LogP contribution in [0.2, 0.25) is 0 Å². The highest BCUT2D eigenvalue weighted by Crippen LogP contribution is 2.76. The van der Waals surface area contributed by atoms with Crippen molar-refractivity contribution < 1.29 is 19.1 Å². The Bertz CT molecular complexity index is 770. The van der Waals surface area contributed by atoms with Crippen LogP contribution in [0.1, 0.15) is 71.6 Å². The smallest absolute Gasteiger partial charge is 0.306 e. The highest BCUT2D eigenvalue weighted by Gasteiger charge is 2.81. The van der Waals surface area contributed by atoms with Gasteiger partial charge in [-0.2, -0.15) is 0 Å². The zero-order valence-corrected chi connectivity index (χ0v) is 15.8. The van der Waals surface area contributed by atoms with E-state index in [9.17, 15) is 9.59 Å². The molecule has 3 saturated carbocycles. The van der Waals surface area contributed by atoms with Gasteiger partial charge in [0.1, 0.15) is 17.0 Å². The Hall–Kier alpha value is -1.16. The molecule has 0 amide bonds. The molecule has 2 spiro atoms. The normalized spacial score (nSPS) is 57.0. The van der Waals surface area contributed by atoms with Gasteiger partial charge in [0, 0.05) is 30.1 Å². The third kappa shape index (κ3) is 1.51. The number of esters is 1. The quantitative estimate of drug-likeness (QED) is 0.377. The molecule has 2 saturated heterocycles. The summed E-state index contributed by atoms with van der Waals surface area (Å²) in [4.78, 5) is 24.0. The third-order valence-corrected chi connectivity index (χ3v) is 9.65. The molecule has 0 bridgehead atoms. The van der Waals surface area contributed by atoms with Crippen molar-refractivity contribution in [2.45, 2.75) is 88.9 Å². The van der Waals surface area contributed by atoms with Gasteiger partial charge in [-0.25, -0.2) is 0 Å². The number of ether oxygens (including phenoxy) is 2. The van der Waals surface area contributed by atoms with Gasteiger partial charge in [0.2, 0.25) is 0 Å². The second-order valence-corrected chi connectivity index (χ2v) is 10.3. The largest absolute Gasteiger partial charge is 0.458 e. The number of fused-ring (bicyclic) bond motifs is 4. The molecule has 5 fully saturated rings. The topological polar surface area (TPSA) is 55.9 Å². The first-order chi connectivity index (χ1) is 12.3. The number of hydrogen-bond donors (Lipinski definition) is 0. The van der Waals surface area contributed by atoms with Gasteiger partial charge in [0.25, 0.3) is 0 Å². The molecule has 6 unspecified atom stereocenters. The van der Waals surface area contributed by atoms with E-state index in [-0.39, 0.29) is 34.1 Å². The fourth-order valence-electron chi connectivity index (χ4n) is 8.21. The van der Waals surface area contributed by atoms with Crippen LogP contribution in [0.4, 0.5) is 0 Å². The van der Waals surface area contributed by atoms with Crippen LogP contribution in [0.25, 0.3) is 0 Å². The van der Waals surface area contributed by atoms with Gasteiger partial charge < -0.3 is 9.47 Å². The number of carbonyl (C=O) groups is 2. The van der Waals surface area contributed by atoms with Crippen molar-refractivity contribution in [3.63, 3.8) is 0 Å². The van der Waals surface area contributed by atoms with Gasteiger partial charge in [0.15, 0.2) is 0 Å². The molecule has 6 aliphatic rings. The van der Waals surface area contributed by atoms with E-state index in [1.165, 1.54) is 5.57 Å². The van der Waals surface area contributed by atoms with E-state index in [1.807, 2.05) is 0 Å². The zero-order valence-electron chi connectivity index (χ0n) is 15.8. The number of epoxide rings is 1. The average molecular weight is 356 g/mol. The Morgan fingerprint density at radius 2 is 1.92 bits per heavy atom. The Kier molecular flexibility index (Phi) is 2.72. The molecule has 6 rings (SSSR count). The lowest BCUT2D eigenvalue weighted by Gasteiger charge is -2.56. The molecule has 0 N–H and O–H groups in total. The number of allylic oxidation sites excluding steroid dienone is 1. The summed E-state index contributed by atoms with van der Waals surface area (Å²) in [6.07, 6.45) is 10.6. The Labute approximate surface area is 154 Å². The molecule has 4 aliphatic carbocycles. The Balaban J connectivity index is 1.43. The second-order valence-electron chi connectivity index (χ2n) is 10.3. The van der Waals surface area contributed by atoms with Crippen molar-refractivity contribution in [2.24, 2.45) is 22.7 Å². The van der Waals surface area contributed by atoms with Crippen LogP contribution in [0.15, 0.2) is 11.6 Å². The predicted octanol–water partition coefficient (Wildman–Crippen LogP) is 3.73. The SMILES string of the molecule is CC12CCC(=O)CC1=CCC1C3CC[C@@]4(CCC(=O)O4)C3(C)CC3OC312. The summed E-state index contributed by atoms with van der Waals surface area (Å²) in [7, 11) is 0. The standard InChI is InChI=1S/C22H28O4/c1-19-8-5-14(23)11-13(19)3-4-16-15-6-9-21(10-7-18(24)26-21)20(15,2)12-17-22(16,19)25-17/h3,15-17H,4-12H2,1-2H3/t15?,16?,17?,19?,20?,21-,22?/m1/s1. The highest BCUT2D eigenvalue weighted by molar-refractivity contribution is 5.83. The molecule has 7 atom stereocenters. The van der Waals surface area contributed by atoms with E-state index in [0.29, 0.717) is 36.9 Å². The van der Waals surface area contributed by atoms with Crippen LogP contribution in [0.5, 0.6) is 0 Å². The molecule has 2 heterocycles. The molecule has 140 valence electrons. The molecule has 4 nitrogen and oxygen atoms in total. The van der Waals surface area contributed by atoms with E-state index >= 15 is 0 Å². The summed E-state index contributed by atoms with van der Waals surface area (Å²) >= 11 is 0. The lowest BCUT2D eigenvalue weighted by Crippen LogP contribution is -2.59. The first kappa shape index (κ1) is 15.9. The molecule has 2 aliphatic heterocycles. The molecular formula is C22H28O4. The lowest BCUT2D eigenvalue weighted by atomic mass is 9.46. The fourth-order valence-corrected chi connectivity index (χ4v) is 8.21. The molecule has 0 aromatic heterocycles. The maximum absolute atomic E-state index is 12.0. The summed E-state index contributed by atoms with van der Waals surface area (Å²) in [6, 6.07) is 0. The van der Waals surface area contributed by atoms with Gasteiger partial charge >= 0.3 is 5.97 Å². The van der Waals surface area contributed by atoms with E-state index in [4.69, 9.17) is 9.47 Å². The summed E-state index contributed by atoms with van der Waals surface area (Å²) < 4.78 is 12.6. The van der Waals surface area contributed by atoms with Gasteiger partial charge in [-0.05, 0) is 50.4 Å². The first-order valence-corrected chi connectivity index (χ1v) is 10.5. The van der Waals surface area contributed by atoms with Crippen LogP contribution in [-0.2, 0) is 19.1 Å². The number of carbonyl (C=O) groups excluding carboxylic acids is 2. The minimum atomic E-state index is -0.250. The predicted molar refractivity (Wildman–Crippen MR) is 94.3 cm³/mol. The van der Waals surface area contributed by atoms with Crippen molar-refractivity contribution in [2.75, 3.05) is 0 Å².